The molecule has 2 N–H and O–H groups in total. The summed E-state index contributed by atoms with van der Waals surface area (Å²) in [5.74, 6) is -1.09. The van der Waals surface area contributed by atoms with Gasteiger partial charge in [0.25, 0.3) is 17.7 Å². The van der Waals surface area contributed by atoms with Crippen molar-refractivity contribution in [1.82, 2.24) is 9.80 Å². The Balaban J connectivity index is 1.85. The molecule has 0 saturated heterocycles. The number of unbranched alkanes of at least 4 members (excludes halogenated alkanes) is 1. The van der Waals surface area contributed by atoms with E-state index in [0.29, 0.717) is 17.7 Å². The number of nitrogens with zero attached hydrogens (tertiary/aromatic N) is 2. The van der Waals surface area contributed by atoms with E-state index >= 15 is 0 Å². The van der Waals surface area contributed by atoms with Gasteiger partial charge in [-0.25, -0.2) is 13.6 Å². The number of carbonyl (C=O) groups excluding carboxylic acids is 3. The van der Waals surface area contributed by atoms with Crippen LogP contribution in [-0.2, 0) is 10.0 Å². The van der Waals surface area contributed by atoms with Crippen LogP contribution in [0.25, 0.3) is 0 Å². The summed E-state index contributed by atoms with van der Waals surface area (Å²) in [5.41, 5.74) is 1.40. The molecule has 3 rings (SSSR count). The van der Waals surface area contributed by atoms with Crippen LogP contribution in [0, 0.1) is 0 Å². The SMILES string of the molecule is CCCCN1C(=O)c2ccc(C(=O)N(C)C(C)c3cccc(S(N)(=O)=O)c3)cc2C1=O. The number of rotatable bonds is 7. The quantitative estimate of drug-likeness (QED) is 0.660. The van der Waals surface area contributed by atoms with E-state index in [4.69, 9.17) is 5.14 Å². The Bertz CT molecular complexity index is 1160. The third kappa shape index (κ3) is 4.38. The molecule has 2 aromatic carbocycles. The second kappa shape index (κ2) is 8.60. The molecule has 0 aliphatic carbocycles. The molecular formula is C22H25N3O5S. The fourth-order valence-corrected chi connectivity index (χ4v) is 4.07. The Hall–Kier alpha value is -3.04. The molecule has 0 saturated carbocycles. The van der Waals surface area contributed by atoms with Gasteiger partial charge in [-0.15, -0.1) is 0 Å². The minimum absolute atomic E-state index is 0.0356. The lowest BCUT2D eigenvalue weighted by Gasteiger charge is -2.26. The molecule has 0 bridgehead atoms. The lowest BCUT2D eigenvalue weighted by molar-refractivity contribution is 0.0651. The highest BCUT2D eigenvalue weighted by molar-refractivity contribution is 7.89. The summed E-state index contributed by atoms with van der Waals surface area (Å²) < 4.78 is 23.2. The van der Waals surface area contributed by atoms with Gasteiger partial charge >= 0.3 is 0 Å². The van der Waals surface area contributed by atoms with Crippen LogP contribution in [0.1, 0.15) is 69.4 Å². The smallest absolute Gasteiger partial charge is 0.261 e. The number of sulfonamides is 1. The standard InChI is InChI=1S/C22H25N3O5S/c1-4-5-11-25-21(27)18-10-9-16(13-19(18)22(25)28)20(26)24(3)14(2)15-7-6-8-17(12-15)31(23,29)30/h6-10,12-14H,4-5,11H2,1-3H3,(H2,23,29,30). The Labute approximate surface area is 181 Å². The number of fused-ring (bicyclic) bond motifs is 1. The highest BCUT2D eigenvalue weighted by Crippen LogP contribution is 2.27. The monoisotopic (exact) mass is 443 g/mol. The number of benzene rings is 2. The molecule has 0 radical (unpaired) electrons. The molecule has 31 heavy (non-hydrogen) atoms. The third-order valence-corrected chi connectivity index (χ3v) is 6.43. The van der Waals surface area contributed by atoms with E-state index in [0.717, 1.165) is 12.8 Å². The van der Waals surface area contributed by atoms with E-state index in [1.54, 1.807) is 26.1 Å². The molecule has 1 atom stereocenters. The van der Waals surface area contributed by atoms with Gasteiger partial charge in [-0.3, -0.25) is 19.3 Å². The Morgan fingerprint density at radius 1 is 1.10 bits per heavy atom. The zero-order chi connectivity index (χ0) is 22.9. The molecule has 3 amide bonds. The molecule has 164 valence electrons. The average molecular weight is 444 g/mol. The number of hydrogen-bond donors (Lipinski definition) is 1. The summed E-state index contributed by atoms with van der Waals surface area (Å²) in [4.78, 5) is 40.8. The first-order chi connectivity index (χ1) is 14.6. The number of primary sulfonamides is 1. The largest absolute Gasteiger partial charge is 0.335 e. The first-order valence-electron chi connectivity index (χ1n) is 9.96. The lowest BCUT2D eigenvalue weighted by atomic mass is 10.0. The molecule has 9 heteroatoms. The van der Waals surface area contributed by atoms with Crippen LogP contribution in [0.15, 0.2) is 47.4 Å². The van der Waals surface area contributed by atoms with E-state index in [-0.39, 0.29) is 33.7 Å². The summed E-state index contributed by atoms with van der Waals surface area (Å²) in [6.45, 7) is 4.09. The van der Waals surface area contributed by atoms with E-state index in [1.807, 2.05) is 6.92 Å². The maximum atomic E-state index is 13.1. The van der Waals surface area contributed by atoms with Gasteiger partial charge in [0.2, 0.25) is 10.0 Å². The zero-order valence-corrected chi connectivity index (χ0v) is 18.5. The number of nitrogens with two attached hydrogens (primary N) is 1. The highest BCUT2D eigenvalue weighted by Gasteiger charge is 2.35. The molecular weight excluding hydrogens is 418 g/mol. The first kappa shape index (κ1) is 22.6. The summed E-state index contributed by atoms with van der Waals surface area (Å²) in [6, 6.07) is 10.1. The molecule has 0 spiro atoms. The van der Waals surface area contributed by atoms with Crippen molar-refractivity contribution in [2.24, 2.45) is 5.14 Å². The van der Waals surface area contributed by atoms with Gasteiger partial charge < -0.3 is 4.90 Å². The lowest BCUT2D eigenvalue weighted by Crippen LogP contribution is -2.30. The number of hydrogen-bond acceptors (Lipinski definition) is 5. The number of carbonyl (C=O) groups is 3. The second-order valence-electron chi connectivity index (χ2n) is 7.59. The van der Waals surface area contributed by atoms with Crippen molar-refractivity contribution in [2.45, 2.75) is 37.6 Å². The van der Waals surface area contributed by atoms with Gasteiger partial charge in [0.15, 0.2) is 0 Å². The summed E-state index contributed by atoms with van der Waals surface area (Å²) in [6.07, 6.45) is 1.57. The van der Waals surface area contributed by atoms with Crippen LogP contribution in [0.4, 0.5) is 0 Å². The normalized spacial score (nSPS) is 14.5. The molecule has 1 heterocycles. The molecule has 0 aromatic heterocycles. The topological polar surface area (TPSA) is 118 Å². The van der Waals surface area contributed by atoms with Gasteiger partial charge in [-0.1, -0.05) is 25.5 Å². The fraction of sp³-hybridized carbons (Fsp3) is 0.318. The van der Waals surface area contributed by atoms with Gasteiger partial charge in [-0.05, 0) is 49.2 Å². The number of amides is 3. The molecule has 1 aliphatic rings. The van der Waals surface area contributed by atoms with Crippen molar-refractivity contribution in [3.8, 4) is 0 Å². The Morgan fingerprint density at radius 3 is 2.42 bits per heavy atom. The minimum Gasteiger partial charge on any atom is -0.335 e. The zero-order valence-electron chi connectivity index (χ0n) is 17.7. The van der Waals surface area contributed by atoms with Crippen LogP contribution < -0.4 is 5.14 Å². The maximum Gasteiger partial charge on any atom is 0.261 e. The third-order valence-electron chi connectivity index (χ3n) is 5.52. The summed E-state index contributed by atoms with van der Waals surface area (Å²) in [7, 11) is -2.28. The van der Waals surface area contributed by atoms with Gasteiger partial charge in [-0.2, -0.15) is 0 Å². The van der Waals surface area contributed by atoms with Gasteiger partial charge in [0.1, 0.15) is 0 Å². The van der Waals surface area contributed by atoms with Gasteiger partial charge in [0, 0.05) is 19.2 Å². The van der Waals surface area contributed by atoms with Crippen molar-refractivity contribution in [3.63, 3.8) is 0 Å². The summed E-state index contributed by atoms with van der Waals surface area (Å²) >= 11 is 0. The van der Waals surface area contributed by atoms with Crippen molar-refractivity contribution in [1.29, 1.82) is 0 Å². The number of imide groups is 1. The fourth-order valence-electron chi connectivity index (χ4n) is 3.50. The minimum atomic E-state index is -3.86. The van der Waals surface area contributed by atoms with Crippen molar-refractivity contribution in [3.05, 3.63) is 64.7 Å². The predicted octanol–water partition coefficient (Wildman–Crippen LogP) is 2.56. The highest BCUT2D eigenvalue weighted by atomic mass is 32.2. The predicted molar refractivity (Wildman–Crippen MR) is 115 cm³/mol. The molecule has 1 aliphatic heterocycles. The van der Waals surface area contributed by atoms with Crippen LogP contribution >= 0.6 is 0 Å². The Kier molecular flexibility index (Phi) is 6.28. The molecule has 0 fully saturated rings. The average Bonchev–Trinajstić information content (AvgIpc) is 2.99. The molecule has 2 aromatic rings. The van der Waals surface area contributed by atoms with Crippen LogP contribution in [0.2, 0.25) is 0 Å². The van der Waals surface area contributed by atoms with E-state index in [9.17, 15) is 22.8 Å². The van der Waals surface area contributed by atoms with Crippen LogP contribution in [0.3, 0.4) is 0 Å². The van der Waals surface area contributed by atoms with Crippen LogP contribution in [-0.4, -0.2) is 49.5 Å². The molecule has 1 unspecified atom stereocenters. The van der Waals surface area contributed by atoms with E-state index in [2.05, 4.69) is 0 Å². The van der Waals surface area contributed by atoms with E-state index in [1.165, 1.54) is 40.1 Å². The van der Waals surface area contributed by atoms with Crippen molar-refractivity contribution < 1.29 is 22.8 Å². The van der Waals surface area contributed by atoms with Crippen molar-refractivity contribution in [2.75, 3.05) is 13.6 Å². The van der Waals surface area contributed by atoms with Gasteiger partial charge in [0.05, 0.1) is 22.1 Å². The van der Waals surface area contributed by atoms with Crippen LogP contribution in [0.5, 0.6) is 0 Å². The second-order valence-corrected chi connectivity index (χ2v) is 9.15. The van der Waals surface area contributed by atoms with E-state index < -0.39 is 16.1 Å². The molecule has 8 nitrogen and oxygen atoms in total. The van der Waals surface area contributed by atoms with Crippen molar-refractivity contribution >= 4 is 27.7 Å². The Morgan fingerprint density at radius 2 is 1.77 bits per heavy atom. The first-order valence-corrected chi connectivity index (χ1v) is 11.5. The summed E-state index contributed by atoms with van der Waals surface area (Å²) in [5, 5.41) is 5.20. The maximum absolute atomic E-state index is 13.1.